The first-order valence-corrected chi connectivity index (χ1v) is 12.4. The van der Waals surface area contributed by atoms with Crippen LogP contribution in [0, 0.1) is 19.8 Å². The molecule has 1 saturated heterocycles. The molecule has 0 radical (unpaired) electrons. The Morgan fingerprint density at radius 3 is 2.34 bits per heavy atom. The number of nitrogens with one attached hydrogen (secondary N) is 1. The Labute approximate surface area is 211 Å². The first-order valence-electron chi connectivity index (χ1n) is 12.0. The maximum Gasteiger partial charge on any atom is 0.228 e. The van der Waals surface area contributed by atoms with E-state index < -0.39 is 0 Å². The SMILES string of the molecule is Cc1nn(-c2ccc(Cl)cc2)c(C)c1CC(=O)Nc1ccc(CCN2CCC(C(N)=O)CC2)cc1. The van der Waals surface area contributed by atoms with Crippen LogP contribution in [-0.2, 0) is 22.4 Å². The maximum absolute atomic E-state index is 12.8. The quantitative estimate of drug-likeness (QED) is 0.494. The zero-order valence-corrected chi connectivity index (χ0v) is 21.0. The summed E-state index contributed by atoms with van der Waals surface area (Å²) in [6.45, 7) is 6.67. The van der Waals surface area contributed by atoms with E-state index in [0.717, 1.165) is 67.2 Å². The van der Waals surface area contributed by atoms with Crippen LogP contribution in [0.25, 0.3) is 5.69 Å². The molecule has 3 aromatic rings. The Hall–Kier alpha value is -3.16. The van der Waals surface area contributed by atoms with Crippen LogP contribution in [0.4, 0.5) is 5.69 Å². The van der Waals surface area contributed by atoms with Crippen LogP contribution < -0.4 is 11.1 Å². The molecule has 2 aromatic carbocycles. The Kier molecular flexibility index (Phi) is 7.88. The van der Waals surface area contributed by atoms with Crippen LogP contribution in [0.3, 0.4) is 0 Å². The summed E-state index contributed by atoms with van der Waals surface area (Å²) in [5.74, 6) is -0.228. The number of nitrogens with two attached hydrogens (primary N) is 1. The number of aryl methyl sites for hydroxylation is 1. The van der Waals surface area contributed by atoms with Crippen molar-refractivity contribution in [3.8, 4) is 5.69 Å². The lowest BCUT2D eigenvalue weighted by Gasteiger charge is -2.30. The van der Waals surface area contributed by atoms with Crippen LogP contribution in [-0.4, -0.2) is 46.1 Å². The molecule has 1 aliphatic rings. The molecule has 0 unspecified atom stereocenters. The smallest absolute Gasteiger partial charge is 0.228 e. The number of rotatable bonds is 8. The van der Waals surface area contributed by atoms with Crippen LogP contribution in [0.2, 0.25) is 5.02 Å². The van der Waals surface area contributed by atoms with Crippen molar-refractivity contribution in [2.75, 3.05) is 25.0 Å². The van der Waals surface area contributed by atoms with Gasteiger partial charge in [-0.3, -0.25) is 9.59 Å². The van der Waals surface area contributed by atoms with E-state index in [1.807, 2.05) is 54.9 Å². The third-order valence-corrected chi connectivity index (χ3v) is 7.05. The number of primary amides is 1. The van der Waals surface area contributed by atoms with Gasteiger partial charge in [-0.25, -0.2) is 4.68 Å². The summed E-state index contributed by atoms with van der Waals surface area (Å²) < 4.78 is 1.85. The van der Waals surface area contributed by atoms with Gasteiger partial charge in [-0.15, -0.1) is 0 Å². The third-order valence-electron chi connectivity index (χ3n) is 6.79. The fourth-order valence-electron chi connectivity index (χ4n) is 4.61. The van der Waals surface area contributed by atoms with Gasteiger partial charge in [-0.05, 0) is 88.2 Å². The molecule has 0 saturated carbocycles. The largest absolute Gasteiger partial charge is 0.369 e. The molecule has 2 heterocycles. The van der Waals surface area contributed by atoms with Crippen molar-refractivity contribution in [1.82, 2.24) is 14.7 Å². The summed E-state index contributed by atoms with van der Waals surface area (Å²) in [5.41, 5.74) is 11.0. The van der Waals surface area contributed by atoms with Gasteiger partial charge < -0.3 is 16.0 Å². The van der Waals surface area contributed by atoms with Crippen LogP contribution in [0.15, 0.2) is 48.5 Å². The first-order chi connectivity index (χ1) is 16.8. The number of likely N-dealkylation sites (tertiary alicyclic amines) is 1. The van der Waals surface area contributed by atoms with Crippen LogP contribution >= 0.6 is 11.6 Å². The minimum Gasteiger partial charge on any atom is -0.369 e. The van der Waals surface area contributed by atoms with Crippen molar-refractivity contribution in [2.24, 2.45) is 11.7 Å². The zero-order valence-electron chi connectivity index (χ0n) is 20.3. The van der Waals surface area contributed by atoms with Gasteiger partial charge in [-0.2, -0.15) is 5.10 Å². The van der Waals surface area contributed by atoms with Crippen molar-refractivity contribution in [1.29, 1.82) is 0 Å². The Balaban J connectivity index is 1.30. The van der Waals surface area contributed by atoms with Gasteiger partial charge in [0.25, 0.3) is 0 Å². The minimum atomic E-state index is -0.178. The molecule has 8 heteroatoms. The highest BCUT2D eigenvalue weighted by Gasteiger charge is 2.22. The highest BCUT2D eigenvalue weighted by Crippen LogP contribution is 2.21. The van der Waals surface area contributed by atoms with E-state index >= 15 is 0 Å². The number of halogens is 1. The first kappa shape index (κ1) is 24.9. The summed E-state index contributed by atoms with van der Waals surface area (Å²) in [7, 11) is 0. The summed E-state index contributed by atoms with van der Waals surface area (Å²) in [6, 6.07) is 15.5. The average Bonchev–Trinajstić information content (AvgIpc) is 3.12. The lowest BCUT2D eigenvalue weighted by molar-refractivity contribution is -0.123. The normalized spacial score (nSPS) is 14.7. The molecule has 4 rings (SSSR count). The molecule has 2 amide bonds. The number of carbonyl (C=O) groups excluding carboxylic acids is 2. The standard InChI is InChI=1S/C27H32ClN5O2/c1-18-25(19(2)33(31-18)24-9-5-22(28)6-10-24)17-26(34)30-23-7-3-20(4-8-23)11-14-32-15-12-21(13-16-32)27(29)35/h3-10,21H,11-17H2,1-2H3,(H2,29,35)(H,30,34). The lowest BCUT2D eigenvalue weighted by Crippen LogP contribution is -2.39. The molecular weight excluding hydrogens is 462 g/mol. The second-order valence-corrected chi connectivity index (χ2v) is 9.66. The van der Waals surface area contributed by atoms with Crippen molar-refractivity contribution >= 4 is 29.1 Å². The summed E-state index contributed by atoms with van der Waals surface area (Å²) >= 11 is 6.00. The van der Waals surface area contributed by atoms with Crippen LogP contribution in [0.5, 0.6) is 0 Å². The molecule has 3 N–H and O–H groups in total. The minimum absolute atomic E-state index is 0.0218. The van der Waals surface area contributed by atoms with Gasteiger partial charge in [-0.1, -0.05) is 23.7 Å². The topological polar surface area (TPSA) is 93.2 Å². The summed E-state index contributed by atoms with van der Waals surface area (Å²) in [6.07, 6.45) is 2.88. The second-order valence-electron chi connectivity index (χ2n) is 9.23. The number of amides is 2. The number of anilines is 1. The van der Waals surface area contributed by atoms with Gasteiger partial charge in [0.15, 0.2) is 0 Å². The van der Waals surface area contributed by atoms with Gasteiger partial charge in [0.2, 0.25) is 11.8 Å². The molecule has 1 aromatic heterocycles. The highest BCUT2D eigenvalue weighted by molar-refractivity contribution is 6.30. The Morgan fingerprint density at radius 1 is 1.06 bits per heavy atom. The molecule has 1 aliphatic heterocycles. The molecule has 0 spiro atoms. The van der Waals surface area contributed by atoms with E-state index in [1.165, 1.54) is 5.56 Å². The van der Waals surface area contributed by atoms with Crippen molar-refractivity contribution < 1.29 is 9.59 Å². The fourth-order valence-corrected chi connectivity index (χ4v) is 4.74. The van der Waals surface area contributed by atoms with E-state index in [-0.39, 0.29) is 24.2 Å². The molecule has 0 aliphatic carbocycles. The predicted octanol–water partition coefficient (Wildman–Crippen LogP) is 4.06. The lowest BCUT2D eigenvalue weighted by atomic mass is 9.96. The number of carbonyl (C=O) groups is 2. The van der Waals surface area contributed by atoms with E-state index in [1.54, 1.807) is 0 Å². The molecule has 1 fully saturated rings. The van der Waals surface area contributed by atoms with E-state index in [9.17, 15) is 9.59 Å². The number of aromatic nitrogens is 2. The van der Waals surface area contributed by atoms with E-state index in [2.05, 4.69) is 27.4 Å². The molecular formula is C27H32ClN5O2. The number of hydrogen-bond acceptors (Lipinski definition) is 4. The Morgan fingerprint density at radius 2 is 1.71 bits per heavy atom. The van der Waals surface area contributed by atoms with Crippen molar-refractivity contribution in [3.63, 3.8) is 0 Å². The van der Waals surface area contributed by atoms with E-state index in [0.29, 0.717) is 5.02 Å². The zero-order chi connectivity index (χ0) is 24.9. The second kappa shape index (κ2) is 11.1. The molecule has 184 valence electrons. The maximum atomic E-state index is 12.8. The predicted molar refractivity (Wildman–Crippen MR) is 139 cm³/mol. The molecule has 7 nitrogen and oxygen atoms in total. The summed E-state index contributed by atoms with van der Waals surface area (Å²) in [4.78, 5) is 26.5. The summed E-state index contributed by atoms with van der Waals surface area (Å²) in [5, 5.41) is 8.29. The van der Waals surface area contributed by atoms with Crippen molar-refractivity contribution in [2.45, 2.75) is 39.5 Å². The van der Waals surface area contributed by atoms with Gasteiger partial charge in [0.05, 0.1) is 17.8 Å². The van der Waals surface area contributed by atoms with E-state index in [4.69, 9.17) is 17.3 Å². The van der Waals surface area contributed by atoms with Crippen molar-refractivity contribution in [3.05, 3.63) is 76.1 Å². The fraction of sp³-hybridized carbons (Fsp3) is 0.370. The number of benzene rings is 2. The van der Waals surface area contributed by atoms with Gasteiger partial charge in [0, 0.05) is 34.4 Å². The Bertz CT molecular complexity index is 1180. The number of hydrogen-bond donors (Lipinski definition) is 2. The van der Waals surface area contributed by atoms with Crippen LogP contribution in [0.1, 0.15) is 35.4 Å². The number of nitrogens with zero attached hydrogens (tertiary/aromatic N) is 3. The highest BCUT2D eigenvalue weighted by atomic mass is 35.5. The average molecular weight is 494 g/mol. The number of piperidine rings is 1. The molecule has 35 heavy (non-hydrogen) atoms. The molecule has 0 atom stereocenters. The molecule has 0 bridgehead atoms. The van der Waals surface area contributed by atoms with Gasteiger partial charge >= 0.3 is 0 Å². The third kappa shape index (κ3) is 6.29. The monoisotopic (exact) mass is 493 g/mol. The van der Waals surface area contributed by atoms with Gasteiger partial charge in [0.1, 0.15) is 0 Å².